The number of amides is 1. The van der Waals surface area contributed by atoms with E-state index < -0.39 is 10.0 Å². The maximum atomic E-state index is 11.9. The van der Waals surface area contributed by atoms with E-state index in [-0.39, 0.29) is 10.8 Å². The molecule has 2 aromatic carbocycles. The number of nitrogens with one attached hydrogen (secondary N) is 1. The molecule has 0 heterocycles. The molecule has 0 aromatic heterocycles. The van der Waals surface area contributed by atoms with E-state index in [1.54, 1.807) is 0 Å². The minimum atomic E-state index is -3.73. The number of carbonyl (C=O) groups excluding carboxylic acids is 1. The van der Waals surface area contributed by atoms with E-state index in [9.17, 15) is 13.2 Å². The second-order valence-electron chi connectivity index (χ2n) is 4.56. The zero-order chi connectivity index (χ0) is 15.3. The molecule has 0 fully saturated rings. The van der Waals surface area contributed by atoms with E-state index >= 15 is 0 Å². The van der Waals surface area contributed by atoms with Crippen LogP contribution in [0.1, 0.15) is 15.9 Å². The Balaban J connectivity index is 1.92. The van der Waals surface area contributed by atoms with Crippen molar-refractivity contribution in [3.05, 3.63) is 65.7 Å². The fourth-order valence-corrected chi connectivity index (χ4v) is 2.38. The van der Waals surface area contributed by atoms with Crippen LogP contribution in [0.4, 0.5) is 0 Å². The molecule has 5 nitrogen and oxygen atoms in total. The third-order valence-corrected chi connectivity index (χ3v) is 3.92. The number of nitrogens with two attached hydrogens (primary N) is 1. The van der Waals surface area contributed by atoms with Crippen molar-refractivity contribution < 1.29 is 13.2 Å². The van der Waals surface area contributed by atoms with Crippen molar-refractivity contribution in [1.29, 1.82) is 0 Å². The highest BCUT2D eigenvalue weighted by molar-refractivity contribution is 7.89. The smallest absolute Gasteiger partial charge is 0.251 e. The summed E-state index contributed by atoms with van der Waals surface area (Å²) in [5.74, 6) is -0.244. The molecule has 0 aliphatic heterocycles. The van der Waals surface area contributed by atoms with Gasteiger partial charge in [-0.15, -0.1) is 0 Å². The molecule has 0 saturated carbocycles. The van der Waals surface area contributed by atoms with E-state index in [2.05, 4.69) is 5.32 Å². The molecule has 0 saturated heterocycles. The van der Waals surface area contributed by atoms with Crippen molar-refractivity contribution in [3.8, 4) is 0 Å². The standard InChI is InChI=1S/C15H16N2O3S/c16-21(19,20)14-8-6-13(7-9-14)15(18)17-11-10-12-4-2-1-3-5-12/h1-9H,10-11H2,(H,17,18)(H2,16,19,20). The van der Waals surface area contributed by atoms with Gasteiger partial charge in [0.1, 0.15) is 0 Å². The van der Waals surface area contributed by atoms with Crippen LogP contribution < -0.4 is 10.5 Å². The minimum Gasteiger partial charge on any atom is -0.352 e. The van der Waals surface area contributed by atoms with Crippen molar-refractivity contribution in [2.75, 3.05) is 6.54 Å². The number of hydrogen-bond acceptors (Lipinski definition) is 3. The number of benzene rings is 2. The molecule has 0 atom stereocenters. The zero-order valence-electron chi connectivity index (χ0n) is 11.3. The summed E-state index contributed by atoms with van der Waals surface area (Å²) in [4.78, 5) is 11.9. The molecule has 2 rings (SSSR count). The van der Waals surface area contributed by atoms with Gasteiger partial charge in [0.05, 0.1) is 4.90 Å². The normalized spacial score (nSPS) is 11.1. The molecule has 0 aliphatic carbocycles. The summed E-state index contributed by atoms with van der Waals surface area (Å²) in [6.07, 6.45) is 0.738. The van der Waals surface area contributed by atoms with Crippen LogP contribution in [-0.2, 0) is 16.4 Å². The van der Waals surface area contributed by atoms with Crippen LogP contribution >= 0.6 is 0 Å². The quantitative estimate of drug-likeness (QED) is 0.872. The van der Waals surface area contributed by atoms with Gasteiger partial charge in [0.2, 0.25) is 10.0 Å². The molecule has 0 bridgehead atoms. The summed E-state index contributed by atoms with van der Waals surface area (Å²) >= 11 is 0. The van der Waals surface area contributed by atoms with E-state index in [0.717, 1.165) is 12.0 Å². The maximum Gasteiger partial charge on any atom is 0.251 e. The van der Waals surface area contributed by atoms with Crippen molar-refractivity contribution in [2.24, 2.45) is 5.14 Å². The van der Waals surface area contributed by atoms with E-state index in [1.165, 1.54) is 24.3 Å². The van der Waals surface area contributed by atoms with Crippen molar-refractivity contribution in [2.45, 2.75) is 11.3 Å². The molecule has 2 aromatic rings. The van der Waals surface area contributed by atoms with Gasteiger partial charge in [0, 0.05) is 12.1 Å². The molecular formula is C15H16N2O3S. The second kappa shape index (κ2) is 6.51. The summed E-state index contributed by atoms with van der Waals surface area (Å²) < 4.78 is 22.2. The summed E-state index contributed by atoms with van der Waals surface area (Å²) in [5.41, 5.74) is 1.54. The average Bonchev–Trinajstić information content (AvgIpc) is 2.47. The Morgan fingerprint density at radius 1 is 1.00 bits per heavy atom. The Morgan fingerprint density at radius 2 is 1.62 bits per heavy atom. The fourth-order valence-electron chi connectivity index (χ4n) is 1.86. The molecular weight excluding hydrogens is 288 g/mol. The topological polar surface area (TPSA) is 89.3 Å². The first kappa shape index (κ1) is 15.2. The van der Waals surface area contributed by atoms with Gasteiger partial charge in [-0.25, -0.2) is 13.6 Å². The van der Waals surface area contributed by atoms with Crippen LogP contribution in [0, 0.1) is 0 Å². The lowest BCUT2D eigenvalue weighted by molar-refractivity contribution is 0.0954. The van der Waals surface area contributed by atoms with Gasteiger partial charge in [0.25, 0.3) is 5.91 Å². The second-order valence-corrected chi connectivity index (χ2v) is 6.12. The molecule has 6 heteroatoms. The van der Waals surface area contributed by atoms with E-state index in [0.29, 0.717) is 12.1 Å². The maximum absolute atomic E-state index is 11.9. The van der Waals surface area contributed by atoms with Crippen LogP contribution in [0.15, 0.2) is 59.5 Å². The van der Waals surface area contributed by atoms with Crippen LogP contribution in [0.2, 0.25) is 0 Å². The predicted octanol–water partition coefficient (Wildman–Crippen LogP) is 1.31. The van der Waals surface area contributed by atoms with Crippen molar-refractivity contribution in [1.82, 2.24) is 5.32 Å². The molecule has 0 aliphatic rings. The lowest BCUT2D eigenvalue weighted by Gasteiger charge is -2.06. The van der Waals surface area contributed by atoms with E-state index in [1.807, 2.05) is 30.3 Å². The average molecular weight is 304 g/mol. The highest BCUT2D eigenvalue weighted by Crippen LogP contribution is 2.08. The van der Waals surface area contributed by atoms with Gasteiger partial charge in [-0.2, -0.15) is 0 Å². The van der Waals surface area contributed by atoms with Crippen LogP contribution in [0.25, 0.3) is 0 Å². The highest BCUT2D eigenvalue weighted by atomic mass is 32.2. The summed E-state index contributed by atoms with van der Waals surface area (Å²) in [6, 6.07) is 15.3. The first-order valence-electron chi connectivity index (χ1n) is 6.42. The molecule has 0 spiro atoms. The van der Waals surface area contributed by atoms with Crippen LogP contribution in [0.5, 0.6) is 0 Å². The molecule has 1 amide bonds. The monoisotopic (exact) mass is 304 g/mol. The first-order valence-corrected chi connectivity index (χ1v) is 7.96. The van der Waals surface area contributed by atoms with Crippen molar-refractivity contribution in [3.63, 3.8) is 0 Å². The Morgan fingerprint density at radius 3 is 2.19 bits per heavy atom. The largest absolute Gasteiger partial charge is 0.352 e. The number of sulfonamides is 1. The molecule has 0 unspecified atom stereocenters. The van der Waals surface area contributed by atoms with Gasteiger partial charge in [0.15, 0.2) is 0 Å². The zero-order valence-corrected chi connectivity index (χ0v) is 12.1. The molecule has 21 heavy (non-hydrogen) atoms. The molecule has 110 valence electrons. The highest BCUT2D eigenvalue weighted by Gasteiger charge is 2.09. The molecule has 0 radical (unpaired) electrons. The Labute approximate surface area is 123 Å². The van der Waals surface area contributed by atoms with Crippen LogP contribution in [-0.4, -0.2) is 20.9 Å². The van der Waals surface area contributed by atoms with Gasteiger partial charge in [-0.3, -0.25) is 4.79 Å². The number of hydrogen-bond donors (Lipinski definition) is 2. The van der Waals surface area contributed by atoms with Crippen molar-refractivity contribution >= 4 is 15.9 Å². The third kappa shape index (κ3) is 4.40. The van der Waals surface area contributed by atoms with Gasteiger partial charge in [-0.1, -0.05) is 30.3 Å². The van der Waals surface area contributed by atoms with E-state index in [4.69, 9.17) is 5.14 Å². The SMILES string of the molecule is NS(=O)(=O)c1ccc(C(=O)NCCc2ccccc2)cc1. The van der Waals surface area contributed by atoms with Gasteiger partial charge in [-0.05, 0) is 36.2 Å². The first-order chi connectivity index (χ1) is 9.97. The number of primary sulfonamides is 1. The van der Waals surface area contributed by atoms with Gasteiger partial charge < -0.3 is 5.32 Å². The summed E-state index contributed by atoms with van der Waals surface area (Å²) in [5, 5.41) is 7.79. The predicted molar refractivity (Wildman–Crippen MR) is 80.3 cm³/mol. The Bertz CT molecular complexity index is 710. The van der Waals surface area contributed by atoms with Gasteiger partial charge >= 0.3 is 0 Å². The summed E-state index contributed by atoms with van der Waals surface area (Å²) in [6.45, 7) is 0.514. The number of carbonyl (C=O) groups is 1. The fraction of sp³-hybridized carbons (Fsp3) is 0.133. The summed E-state index contributed by atoms with van der Waals surface area (Å²) in [7, 11) is -3.73. The minimum absolute atomic E-state index is 0.0108. The lowest BCUT2D eigenvalue weighted by atomic mass is 10.1. The number of rotatable bonds is 5. The van der Waals surface area contributed by atoms with Crippen LogP contribution in [0.3, 0.4) is 0 Å². The molecule has 3 N–H and O–H groups in total. The Hall–Kier alpha value is -2.18. The third-order valence-electron chi connectivity index (χ3n) is 2.99. The Kier molecular flexibility index (Phi) is 4.72. The lowest BCUT2D eigenvalue weighted by Crippen LogP contribution is -2.25.